The predicted octanol–water partition coefficient (Wildman–Crippen LogP) is -1.18. The van der Waals surface area contributed by atoms with Gasteiger partial charge in [0.15, 0.2) is 0 Å². The standard InChI is InChI=1S/C10H21N3O3/c1-4-12-9(14)8-13(2)10(15)7-11-5-6-16-3/h11H,4-8H2,1-3H3,(H,12,14). The van der Waals surface area contributed by atoms with Crippen LogP contribution in [0, 0.1) is 0 Å². The molecule has 0 heterocycles. The van der Waals surface area contributed by atoms with Crippen LogP contribution in [-0.2, 0) is 14.3 Å². The van der Waals surface area contributed by atoms with E-state index in [-0.39, 0.29) is 24.9 Å². The van der Waals surface area contributed by atoms with Crippen molar-refractivity contribution in [3.05, 3.63) is 0 Å². The highest BCUT2D eigenvalue weighted by Crippen LogP contribution is 1.83. The van der Waals surface area contributed by atoms with Crippen LogP contribution >= 0.6 is 0 Å². The van der Waals surface area contributed by atoms with Crippen LogP contribution in [0.1, 0.15) is 6.92 Å². The fourth-order valence-electron chi connectivity index (χ4n) is 1.06. The van der Waals surface area contributed by atoms with Gasteiger partial charge in [0.25, 0.3) is 0 Å². The number of carbonyl (C=O) groups is 2. The van der Waals surface area contributed by atoms with Crippen LogP contribution in [0.15, 0.2) is 0 Å². The molecule has 0 rings (SSSR count). The summed E-state index contributed by atoms with van der Waals surface area (Å²) >= 11 is 0. The fraction of sp³-hybridized carbons (Fsp3) is 0.800. The van der Waals surface area contributed by atoms with Crippen LogP contribution in [0.4, 0.5) is 0 Å². The van der Waals surface area contributed by atoms with Crippen molar-refractivity contribution in [1.82, 2.24) is 15.5 Å². The van der Waals surface area contributed by atoms with Crippen molar-refractivity contribution >= 4 is 11.8 Å². The van der Waals surface area contributed by atoms with Crippen LogP contribution < -0.4 is 10.6 Å². The maximum absolute atomic E-state index is 11.5. The van der Waals surface area contributed by atoms with Crippen molar-refractivity contribution < 1.29 is 14.3 Å². The first-order valence-electron chi connectivity index (χ1n) is 5.32. The molecule has 0 saturated heterocycles. The molecule has 2 N–H and O–H groups in total. The molecule has 16 heavy (non-hydrogen) atoms. The summed E-state index contributed by atoms with van der Waals surface area (Å²) < 4.78 is 4.83. The lowest BCUT2D eigenvalue weighted by Crippen LogP contribution is -2.42. The van der Waals surface area contributed by atoms with Gasteiger partial charge < -0.3 is 20.3 Å². The van der Waals surface area contributed by atoms with E-state index in [4.69, 9.17) is 4.74 Å². The van der Waals surface area contributed by atoms with Crippen LogP contribution in [0.25, 0.3) is 0 Å². The number of rotatable bonds is 8. The number of nitrogens with one attached hydrogen (secondary N) is 2. The summed E-state index contributed by atoms with van der Waals surface area (Å²) in [5.41, 5.74) is 0. The Bertz CT molecular complexity index is 221. The van der Waals surface area contributed by atoms with Crippen molar-refractivity contribution in [3.63, 3.8) is 0 Å². The molecule has 6 nitrogen and oxygen atoms in total. The van der Waals surface area contributed by atoms with E-state index in [1.54, 1.807) is 14.2 Å². The Morgan fingerprint density at radius 2 is 2.06 bits per heavy atom. The molecule has 0 atom stereocenters. The van der Waals surface area contributed by atoms with Crippen LogP contribution in [-0.4, -0.2) is 63.7 Å². The maximum Gasteiger partial charge on any atom is 0.239 e. The highest BCUT2D eigenvalue weighted by Gasteiger charge is 2.11. The molecule has 0 unspecified atom stereocenters. The number of hydrogen-bond donors (Lipinski definition) is 2. The molecule has 2 amide bonds. The third-order valence-corrected chi connectivity index (χ3v) is 1.94. The zero-order chi connectivity index (χ0) is 12.4. The van der Waals surface area contributed by atoms with Crippen molar-refractivity contribution in [2.45, 2.75) is 6.92 Å². The van der Waals surface area contributed by atoms with Gasteiger partial charge in [0, 0.05) is 27.2 Å². The van der Waals surface area contributed by atoms with E-state index in [2.05, 4.69) is 10.6 Å². The average molecular weight is 231 g/mol. The lowest BCUT2D eigenvalue weighted by molar-refractivity contribution is -0.134. The topological polar surface area (TPSA) is 70.7 Å². The third kappa shape index (κ3) is 7.19. The van der Waals surface area contributed by atoms with E-state index in [9.17, 15) is 9.59 Å². The summed E-state index contributed by atoms with van der Waals surface area (Å²) in [6, 6.07) is 0. The Morgan fingerprint density at radius 1 is 1.38 bits per heavy atom. The molecule has 0 radical (unpaired) electrons. The second-order valence-electron chi connectivity index (χ2n) is 3.37. The summed E-state index contributed by atoms with van der Waals surface area (Å²) in [7, 11) is 3.21. The minimum atomic E-state index is -0.143. The molecule has 0 aromatic heterocycles. The molecule has 94 valence electrons. The number of hydrogen-bond acceptors (Lipinski definition) is 4. The molecule has 0 aromatic rings. The molecule has 0 aliphatic carbocycles. The Kier molecular flexibility index (Phi) is 8.46. The molecule has 0 aromatic carbocycles. The number of amides is 2. The zero-order valence-corrected chi connectivity index (χ0v) is 10.2. The molecule has 0 saturated carbocycles. The van der Waals surface area contributed by atoms with Crippen molar-refractivity contribution in [2.24, 2.45) is 0 Å². The molecule has 0 bridgehead atoms. The Labute approximate surface area is 96.3 Å². The van der Waals surface area contributed by atoms with Crippen molar-refractivity contribution in [1.29, 1.82) is 0 Å². The van der Waals surface area contributed by atoms with Crippen molar-refractivity contribution in [2.75, 3.05) is 46.9 Å². The van der Waals surface area contributed by atoms with Gasteiger partial charge in [0.2, 0.25) is 11.8 Å². The smallest absolute Gasteiger partial charge is 0.239 e. The second-order valence-corrected chi connectivity index (χ2v) is 3.37. The van der Waals surface area contributed by atoms with E-state index >= 15 is 0 Å². The molecule has 0 spiro atoms. The molecule has 6 heteroatoms. The van der Waals surface area contributed by atoms with Gasteiger partial charge in [-0.05, 0) is 6.92 Å². The average Bonchev–Trinajstić information content (AvgIpc) is 2.24. The minimum absolute atomic E-state index is 0.0959. The largest absolute Gasteiger partial charge is 0.383 e. The monoisotopic (exact) mass is 231 g/mol. The second kappa shape index (κ2) is 9.11. The molecule has 0 aliphatic heterocycles. The Balaban J connectivity index is 3.68. The predicted molar refractivity (Wildman–Crippen MR) is 61.1 cm³/mol. The molecular weight excluding hydrogens is 210 g/mol. The summed E-state index contributed by atoms with van der Waals surface area (Å²) in [6.45, 7) is 3.92. The maximum atomic E-state index is 11.5. The Morgan fingerprint density at radius 3 is 2.62 bits per heavy atom. The van der Waals surface area contributed by atoms with Crippen LogP contribution in [0.2, 0.25) is 0 Å². The number of methoxy groups -OCH3 is 1. The van der Waals surface area contributed by atoms with Crippen LogP contribution in [0.5, 0.6) is 0 Å². The SMILES string of the molecule is CCNC(=O)CN(C)C(=O)CNCCOC. The van der Waals surface area contributed by atoms with Gasteiger partial charge in [-0.2, -0.15) is 0 Å². The van der Waals surface area contributed by atoms with E-state index in [1.807, 2.05) is 6.92 Å². The van der Waals surface area contributed by atoms with Crippen molar-refractivity contribution in [3.8, 4) is 0 Å². The summed E-state index contributed by atoms with van der Waals surface area (Å²) in [5, 5.41) is 5.56. The Hall–Kier alpha value is -1.14. The van der Waals surface area contributed by atoms with Gasteiger partial charge in [0.05, 0.1) is 19.7 Å². The number of carbonyl (C=O) groups excluding carboxylic acids is 2. The van der Waals surface area contributed by atoms with Gasteiger partial charge in [-0.3, -0.25) is 9.59 Å². The third-order valence-electron chi connectivity index (χ3n) is 1.94. The van der Waals surface area contributed by atoms with E-state index in [0.717, 1.165) is 0 Å². The molecular formula is C10H21N3O3. The van der Waals surface area contributed by atoms with Gasteiger partial charge >= 0.3 is 0 Å². The van der Waals surface area contributed by atoms with Gasteiger partial charge in [0.1, 0.15) is 0 Å². The first-order chi connectivity index (χ1) is 7.61. The first-order valence-corrected chi connectivity index (χ1v) is 5.32. The van der Waals surface area contributed by atoms with Gasteiger partial charge in [-0.15, -0.1) is 0 Å². The minimum Gasteiger partial charge on any atom is -0.383 e. The van der Waals surface area contributed by atoms with E-state index in [0.29, 0.717) is 19.7 Å². The quantitative estimate of drug-likeness (QED) is 0.516. The first kappa shape index (κ1) is 14.9. The number of likely N-dealkylation sites (N-methyl/N-ethyl adjacent to an activating group) is 2. The van der Waals surface area contributed by atoms with Gasteiger partial charge in [-0.1, -0.05) is 0 Å². The highest BCUT2D eigenvalue weighted by atomic mass is 16.5. The summed E-state index contributed by atoms with van der Waals surface area (Å²) in [5.74, 6) is -0.252. The normalized spacial score (nSPS) is 9.94. The molecule has 0 aliphatic rings. The van der Waals surface area contributed by atoms with Crippen LogP contribution in [0.3, 0.4) is 0 Å². The number of nitrogens with zero attached hydrogens (tertiary/aromatic N) is 1. The zero-order valence-electron chi connectivity index (χ0n) is 10.2. The fourth-order valence-corrected chi connectivity index (χ4v) is 1.06. The highest BCUT2D eigenvalue weighted by molar-refractivity contribution is 5.85. The molecule has 0 fully saturated rings. The summed E-state index contributed by atoms with van der Waals surface area (Å²) in [6.07, 6.45) is 0. The lowest BCUT2D eigenvalue weighted by Gasteiger charge is -2.16. The number of ether oxygens (including phenoxy) is 1. The van der Waals surface area contributed by atoms with E-state index < -0.39 is 0 Å². The lowest BCUT2D eigenvalue weighted by atomic mass is 10.4. The van der Waals surface area contributed by atoms with Gasteiger partial charge in [-0.25, -0.2) is 0 Å². The van der Waals surface area contributed by atoms with E-state index in [1.165, 1.54) is 4.90 Å². The summed E-state index contributed by atoms with van der Waals surface area (Å²) in [4.78, 5) is 24.1.